The number of hydrogen-bond donors (Lipinski definition) is 0. The van der Waals surface area contributed by atoms with Crippen molar-refractivity contribution in [1.29, 1.82) is 0 Å². The summed E-state index contributed by atoms with van der Waals surface area (Å²) >= 11 is 0. The van der Waals surface area contributed by atoms with E-state index in [2.05, 4.69) is 10.2 Å². The molecule has 0 fully saturated rings. The lowest BCUT2D eigenvalue weighted by Gasteiger charge is -2.11. The summed E-state index contributed by atoms with van der Waals surface area (Å²) in [7, 11) is -2.48. The van der Waals surface area contributed by atoms with Gasteiger partial charge in [-0.15, -0.1) is 0 Å². The van der Waals surface area contributed by atoms with E-state index in [-0.39, 0.29) is 18.0 Å². The van der Waals surface area contributed by atoms with E-state index in [0.717, 1.165) is 11.1 Å². The fourth-order valence-corrected chi connectivity index (χ4v) is 6.01. The van der Waals surface area contributed by atoms with Gasteiger partial charge in [-0.05, 0) is 36.8 Å². The first-order chi connectivity index (χ1) is 18.0. The van der Waals surface area contributed by atoms with Gasteiger partial charge in [-0.3, -0.25) is 4.98 Å². The molecular weight excluding hydrogens is 490 g/mol. The van der Waals surface area contributed by atoms with Crippen LogP contribution in [0.5, 0.6) is 5.75 Å². The molecule has 0 radical (unpaired) electrons. The minimum atomic E-state index is -4.01. The highest BCUT2D eigenvalue weighted by molar-refractivity contribution is 7.90. The molecule has 0 bridgehead atoms. The van der Waals surface area contributed by atoms with E-state index in [9.17, 15) is 13.3 Å². The SMILES string of the molecule is COCc1c(CN=O)ncc2c1c1c(OCc3ccccc3)cccc1n2S(=O)(=O)c1ccc(C)cc1. The van der Waals surface area contributed by atoms with Gasteiger partial charge in [-0.25, -0.2) is 12.4 Å². The molecule has 2 aromatic heterocycles. The van der Waals surface area contributed by atoms with Crippen LogP contribution in [-0.4, -0.2) is 24.5 Å². The van der Waals surface area contributed by atoms with E-state index in [1.54, 1.807) is 36.4 Å². The number of aromatic nitrogens is 2. The molecule has 5 aromatic rings. The Labute approximate surface area is 214 Å². The van der Waals surface area contributed by atoms with Crippen molar-refractivity contribution in [3.63, 3.8) is 0 Å². The Bertz CT molecular complexity index is 1700. The van der Waals surface area contributed by atoms with Crippen molar-refractivity contribution in [2.75, 3.05) is 7.11 Å². The van der Waals surface area contributed by atoms with Gasteiger partial charge in [0.05, 0.1) is 39.8 Å². The van der Waals surface area contributed by atoms with Gasteiger partial charge < -0.3 is 9.47 Å². The molecule has 0 saturated heterocycles. The second-order valence-electron chi connectivity index (χ2n) is 8.67. The summed E-state index contributed by atoms with van der Waals surface area (Å²) in [5, 5.41) is 4.23. The third kappa shape index (κ3) is 4.47. The number of nitrogens with zero attached hydrogens (tertiary/aromatic N) is 3. The standard InChI is InChI=1S/C28H25N3O5S/c1-19-11-13-21(14-12-19)37(33,34)31-24-9-6-10-26(36-17-20-7-4-3-5-8-20)28(24)27-22(18-35-2)23(15-30-32)29-16-25(27)31/h3-14,16H,15,17-18H2,1-2H3. The highest BCUT2D eigenvalue weighted by atomic mass is 32.2. The molecule has 0 unspecified atom stereocenters. The summed E-state index contributed by atoms with van der Waals surface area (Å²) in [5.74, 6) is 0.512. The van der Waals surface area contributed by atoms with Crippen LogP contribution in [0, 0.1) is 11.8 Å². The average molecular weight is 516 g/mol. The van der Waals surface area contributed by atoms with Crippen LogP contribution in [0.1, 0.15) is 22.4 Å². The van der Waals surface area contributed by atoms with Crippen LogP contribution in [0.3, 0.4) is 0 Å². The van der Waals surface area contributed by atoms with E-state index in [0.29, 0.717) is 45.4 Å². The summed E-state index contributed by atoms with van der Waals surface area (Å²) in [6, 6.07) is 21.7. The van der Waals surface area contributed by atoms with Crippen LogP contribution < -0.4 is 4.74 Å². The quantitative estimate of drug-likeness (QED) is 0.233. The summed E-state index contributed by atoms with van der Waals surface area (Å²) in [6.07, 6.45) is 1.47. The Hall–Kier alpha value is -4.08. The molecule has 0 amide bonds. The zero-order valence-electron chi connectivity index (χ0n) is 20.4. The third-order valence-corrected chi connectivity index (χ3v) is 7.98. The molecule has 2 heterocycles. The van der Waals surface area contributed by atoms with Crippen molar-refractivity contribution in [3.05, 3.63) is 106 Å². The second kappa shape index (κ2) is 10.1. The van der Waals surface area contributed by atoms with Gasteiger partial charge in [-0.2, -0.15) is 4.91 Å². The van der Waals surface area contributed by atoms with Crippen molar-refractivity contribution < 1.29 is 17.9 Å². The molecule has 0 aliphatic rings. The number of benzene rings is 3. The van der Waals surface area contributed by atoms with Crippen LogP contribution >= 0.6 is 0 Å². The normalized spacial score (nSPS) is 11.7. The van der Waals surface area contributed by atoms with E-state index in [1.807, 2.05) is 43.3 Å². The fraction of sp³-hybridized carbons (Fsp3) is 0.179. The maximum atomic E-state index is 14.0. The van der Waals surface area contributed by atoms with Crippen molar-refractivity contribution in [1.82, 2.24) is 8.96 Å². The zero-order chi connectivity index (χ0) is 26.0. The van der Waals surface area contributed by atoms with Gasteiger partial charge in [0, 0.05) is 18.1 Å². The van der Waals surface area contributed by atoms with Gasteiger partial charge in [0.25, 0.3) is 10.0 Å². The summed E-state index contributed by atoms with van der Waals surface area (Å²) in [4.78, 5) is 15.7. The number of aryl methyl sites for hydroxylation is 1. The van der Waals surface area contributed by atoms with Crippen molar-refractivity contribution in [2.24, 2.45) is 5.18 Å². The minimum absolute atomic E-state index is 0.117. The molecular formula is C28H25N3O5S. The van der Waals surface area contributed by atoms with E-state index < -0.39 is 10.0 Å². The smallest absolute Gasteiger partial charge is 0.268 e. The van der Waals surface area contributed by atoms with Gasteiger partial charge >= 0.3 is 0 Å². The third-order valence-electron chi connectivity index (χ3n) is 6.24. The number of ether oxygens (including phenoxy) is 2. The number of nitroso groups, excluding NO2 is 1. The van der Waals surface area contributed by atoms with Crippen molar-refractivity contribution >= 4 is 31.8 Å². The highest BCUT2D eigenvalue weighted by Crippen LogP contribution is 2.40. The molecule has 5 rings (SSSR count). The maximum absolute atomic E-state index is 14.0. The van der Waals surface area contributed by atoms with Crippen LogP contribution in [0.15, 0.2) is 89.1 Å². The van der Waals surface area contributed by atoms with E-state index >= 15 is 0 Å². The topological polar surface area (TPSA) is 99.8 Å². The molecule has 37 heavy (non-hydrogen) atoms. The average Bonchev–Trinajstić information content (AvgIpc) is 3.26. The Balaban J connectivity index is 1.83. The van der Waals surface area contributed by atoms with Crippen LogP contribution in [0.2, 0.25) is 0 Å². The molecule has 3 aromatic carbocycles. The molecule has 0 spiro atoms. The number of rotatable bonds is 9. The summed E-state index contributed by atoms with van der Waals surface area (Å²) in [5.41, 5.74) is 3.75. The lowest BCUT2D eigenvalue weighted by Crippen LogP contribution is -2.13. The van der Waals surface area contributed by atoms with Crippen LogP contribution in [0.25, 0.3) is 21.8 Å². The predicted octanol–water partition coefficient (Wildman–Crippen LogP) is 5.73. The Morgan fingerprint density at radius 3 is 2.35 bits per heavy atom. The van der Waals surface area contributed by atoms with E-state index in [1.165, 1.54) is 17.3 Å². The zero-order valence-corrected chi connectivity index (χ0v) is 21.2. The van der Waals surface area contributed by atoms with Crippen molar-refractivity contribution in [3.8, 4) is 5.75 Å². The predicted molar refractivity (Wildman–Crippen MR) is 142 cm³/mol. The van der Waals surface area contributed by atoms with Gasteiger partial charge in [0.15, 0.2) is 0 Å². The number of hydrogen-bond acceptors (Lipinski definition) is 7. The van der Waals surface area contributed by atoms with Gasteiger partial charge in [-0.1, -0.05) is 59.3 Å². The Kier molecular flexibility index (Phi) is 6.73. The first kappa shape index (κ1) is 24.6. The Morgan fingerprint density at radius 2 is 1.65 bits per heavy atom. The minimum Gasteiger partial charge on any atom is -0.488 e. The number of fused-ring (bicyclic) bond motifs is 3. The van der Waals surface area contributed by atoms with Crippen molar-refractivity contribution in [2.45, 2.75) is 31.6 Å². The monoisotopic (exact) mass is 515 g/mol. The lowest BCUT2D eigenvalue weighted by molar-refractivity contribution is 0.185. The van der Waals surface area contributed by atoms with Crippen LogP contribution in [-0.2, 0) is 34.5 Å². The summed E-state index contributed by atoms with van der Waals surface area (Å²) in [6.45, 7) is 2.15. The first-order valence-corrected chi connectivity index (χ1v) is 13.1. The van der Waals surface area contributed by atoms with E-state index in [4.69, 9.17) is 9.47 Å². The molecule has 0 saturated carbocycles. The molecule has 0 N–H and O–H groups in total. The fourth-order valence-electron chi connectivity index (χ4n) is 4.51. The second-order valence-corrected chi connectivity index (χ2v) is 10.5. The maximum Gasteiger partial charge on any atom is 0.268 e. The number of pyridine rings is 1. The molecule has 0 atom stereocenters. The van der Waals surface area contributed by atoms with Gasteiger partial charge in [0.1, 0.15) is 18.9 Å². The molecule has 188 valence electrons. The molecule has 9 heteroatoms. The van der Waals surface area contributed by atoms with Gasteiger partial charge in [0.2, 0.25) is 0 Å². The van der Waals surface area contributed by atoms with Crippen LogP contribution in [0.4, 0.5) is 0 Å². The molecule has 0 aliphatic heterocycles. The molecule has 0 aliphatic carbocycles. The Morgan fingerprint density at radius 1 is 0.892 bits per heavy atom. The number of methoxy groups -OCH3 is 1. The first-order valence-electron chi connectivity index (χ1n) is 11.7. The molecule has 8 nitrogen and oxygen atoms in total. The summed E-state index contributed by atoms with van der Waals surface area (Å²) < 4.78 is 41.0. The highest BCUT2D eigenvalue weighted by Gasteiger charge is 2.28. The largest absolute Gasteiger partial charge is 0.488 e. The lowest BCUT2D eigenvalue weighted by atomic mass is 10.1.